The first kappa shape index (κ1) is 14.9. The van der Waals surface area contributed by atoms with Crippen molar-refractivity contribution in [2.24, 2.45) is 0 Å². The fourth-order valence-electron chi connectivity index (χ4n) is 2.46. The van der Waals surface area contributed by atoms with Crippen molar-refractivity contribution in [2.75, 3.05) is 6.61 Å². The second-order valence-corrected chi connectivity index (χ2v) is 6.60. The minimum Gasteiger partial charge on any atom is -0.493 e. The molecule has 0 fully saturated rings. The topological polar surface area (TPSA) is 26.3 Å². The number of hydrogen-bond acceptors (Lipinski definition) is 2. The van der Waals surface area contributed by atoms with E-state index >= 15 is 0 Å². The van der Waals surface area contributed by atoms with Crippen LogP contribution in [-0.2, 0) is 12.8 Å². The van der Waals surface area contributed by atoms with Gasteiger partial charge in [0.1, 0.15) is 5.75 Å². The van der Waals surface area contributed by atoms with E-state index in [1.54, 1.807) is 24.3 Å². The van der Waals surface area contributed by atoms with Crippen LogP contribution in [0.5, 0.6) is 5.75 Å². The molecule has 21 heavy (non-hydrogen) atoms. The molecule has 1 aliphatic heterocycles. The first-order chi connectivity index (χ1) is 10.0. The Balaban J connectivity index is 1.92. The first-order valence-corrected chi connectivity index (χ1v) is 8.02. The minimum absolute atomic E-state index is 0.00138. The van der Waals surface area contributed by atoms with Gasteiger partial charge in [0.25, 0.3) is 0 Å². The van der Waals surface area contributed by atoms with Gasteiger partial charge in [0, 0.05) is 38.5 Å². The van der Waals surface area contributed by atoms with Crippen LogP contribution in [0.2, 0.25) is 10.0 Å². The number of ketones is 1. The molecular weight excluding hydrogens is 375 g/mol. The quantitative estimate of drug-likeness (QED) is 0.685. The van der Waals surface area contributed by atoms with Crippen molar-refractivity contribution in [1.29, 1.82) is 0 Å². The molecule has 0 radical (unpaired) electrons. The fourth-order valence-corrected chi connectivity index (χ4v) is 3.63. The molecule has 1 heterocycles. The Bertz CT molecular complexity index is 728. The molecule has 2 nitrogen and oxygen atoms in total. The zero-order valence-corrected chi connectivity index (χ0v) is 14.1. The summed E-state index contributed by atoms with van der Waals surface area (Å²) in [5, 5.41) is 1.22. The van der Waals surface area contributed by atoms with Gasteiger partial charge in [-0.3, -0.25) is 4.79 Å². The van der Waals surface area contributed by atoms with Gasteiger partial charge < -0.3 is 4.74 Å². The number of hydrogen-bond donors (Lipinski definition) is 0. The molecule has 2 aromatic carbocycles. The van der Waals surface area contributed by atoms with Crippen LogP contribution in [0, 0.1) is 0 Å². The molecular formula is C16H11BrCl2O2. The van der Waals surface area contributed by atoms with Crippen molar-refractivity contribution >= 4 is 44.9 Å². The second kappa shape index (κ2) is 5.99. The van der Waals surface area contributed by atoms with E-state index in [1.165, 1.54) is 0 Å². The number of benzene rings is 2. The van der Waals surface area contributed by atoms with E-state index in [0.29, 0.717) is 26.7 Å². The molecule has 2 aromatic rings. The Hall–Kier alpha value is -1.03. The predicted octanol–water partition coefficient (Wildman–Crippen LogP) is 5.12. The summed E-state index contributed by atoms with van der Waals surface area (Å²) >= 11 is 15.4. The van der Waals surface area contributed by atoms with Crippen molar-refractivity contribution in [3.05, 3.63) is 61.5 Å². The van der Waals surface area contributed by atoms with Crippen molar-refractivity contribution in [3.8, 4) is 5.75 Å². The summed E-state index contributed by atoms with van der Waals surface area (Å²) in [6, 6.07) is 8.84. The normalized spacial score (nSPS) is 12.9. The lowest BCUT2D eigenvalue weighted by atomic mass is 10.00. The van der Waals surface area contributed by atoms with Crippen LogP contribution in [0.15, 0.2) is 34.8 Å². The van der Waals surface area contributed by atoms with Crippen molar-refractivity contribution < 1.29 is 9.53 Å². The number of fused-ring (bicyclic) bond motifs is 1. The van der Waals surface area contributed by atoms with Gasteiger partial charge in [0.05, 0.1) is 6.61 Å². The Kier molecular flexibility index (Phi) is 4.25. The molecule has 0 saturated heterocycles. The van der Waals surface area contributed by atoms with Crippen LogP contribution in [-0.4, -0.2) is 12.4 Å². The number of carbonyl (C=O) groups is 1. The second-order valence-electron chi connectivity index (χ2n) is 4.88. The average molecular weight is 386 g/mol. The highest BCUT2D eigenvalue weighted by Crippen LogP contribution is 2.34. The lowest BCUT2D eigenvalue weighted by molar-refractivity contribution is 0.0991. The van der Waals surface area contributed by atoms with Gasteiger partial charge in [0.2, 0.25) is 0 Å². The molecule has 0 N–H and O–H groups in total. The van der Waals surface area contributed by atoms with Gasteiger partial charge in [-0.15, -0.1) is 0 Å². The smallest absolute Gasteiger partial charge is 0.168 e. The van der Waals surface area contributed by atoms with Crippen LogP contribution in [0.3, 0.4) is 0 Å². The molecule has 0 aromatic heterocycles. The lowest BCUT2D eigenvalue weighted by Crippen LogP contribution is -2.06. The summed E-state index contributed by atoms with van der Waals surface area (Å²) in [5.74, 6) is 0.802. The summed E-state index contributed by atoms with van der Waals surface area (Å²) in [6.07, 6.45) is 1.09. The first-order valence-electron chi connectivity index (χ1n) is 6.47. The molecule has 0 bridgehead atoms. The highest BCUT2D eigenvalue weighted by Gasteiger charge is 2.20. The Morgan fingerprint density at radius 2 is 2.00 bits per heavy atom. The van der Waals surface area contributed by atoms with Gasteiger partial charge in [-0.2, -0.15) is 0 Å². The Morgan fingerprint density at radius 1 is 1.19 bits per heavy atom. The fraction of sp³-hybridized carbons (Fsp3) is 0.188. The van der Waals surface area contributed by atoms with Gasteiger partial charge in [-0.1, -0.05) is 23.2 Å². The van der Waals surface area contributed by atoms with Gasteiger partial charge in [-0.05, 0) is 51.8 Å². The molecule has 1 aliphatic rings. The number of ether oxygens (including phenoxy) is 1. The molecule has 108 valence electrons. The van der Waals surface area contributed by atoms with Crippen molar-refractivity contribution in [3.63, 3.8) is 0 Å². The summed E-state index contributed by atoms with van der Waals surface area (Å²) in [7, 11) is 0. The third-order valence-corrected chi connectivity index (χ3v) is 4.52. The van der Waals surface area contributed by atoms with Crippen LogP contribution >= 0.6 is 39.1 Å². The number of halogens is 3. The third-order valence-electron chi connectivity index (χ3n) is 3.41. The van der Waals surface area contributed by atoms with Gasteiger partial charge >= 0.3 is 0 Å². The maximum atomic E-state index is 12.5. The number of rotatable bonds is 3. The van der Waals surface area contributed by atoms with E-state index in [4.69, 9.17) is 27.9 Å². The SMILES string of the molecule is O=C(Cc1cc(Cl)cc2c1OCC2)c1ccc(Cl)cc1Br. The monoisotopic (exact) mass is 384 g/mol. The molecule has 0 aliphatic carbocycles. The summed E-state index contributed by atoms with van der Waals surface area (Å²) in [4.78, 5) is 12.5. The van der Waals surface area contributed by atoms with Crippen LogP contribution < -0.4 is 4.74 Å². The zero-order valence-electron chi connectivity index (χ0n) is 11.0. The summed E-state index contributed by atoms with van der Waals surface area (Å²) in [5.41, 5.74) is 2.51. The molecule has 0 atom stereocenters. The predicted molar refractivity (Wildman–Crippen MR) is 87.8 cm³/mol. The standard InChI is InChI=1S/C16H11BrCl2O2/c17-14-8-11(18)1-2-13(14)15(20)7-10-6-12(19)5-9-3-4-21-16(9)10/h1-2,5-6,8H,3-4,7H2. The van der Waals surface area contributed by atoms with E-state index in [1.807, 2.05) is 6.07 Å². The number of Topliss-reactive ketones (excluding diaryl/α,β-unsaturated/α-hetero) is 1. The van der Waals surface area contributed by atoms with Crippen LogP contribution in [0.4, 0.5) is 0 Å². The van der Waals surface area contributed by atoms with Crippen molar-refractivity contribution in [1.82, 2.24) is 0 Å². The van der Waals surface area contributed by atoms with Crippen LogP contribution in [0.1, 0.15) is 21.5 Å². The third kappa shape index (κ3) is 3.10. The zero-order chi connectivity index (χ0) is 15.0. The van der Waals surface area contributed by atoms with E-state index in [2.05, 4.69) is 15.9 Å². The average Bonchev–Trinajstić information content (AvgIpc) is 2.86. The Morgan fingerprint density at radius 3 is 2.76 bits per heavy atom. The maximum absolute atomic E-state index is 12.5. The maximum Gasteiger partial charge on any atom is 0.168 e. The van der Waals surface area contributed by atoms with E-state index < -0.39 is 0 Å². The van der Waals surface area contributed by atoms with E-state index in [9.17, 15) is 4.79 Å². The molecule has 5 heteroatoms. The van der Waals surface area contributed by atoms with Gasteiger partial charge in [-0.25, -0.2) is 0 Å². The minimum atomic E-state index is -0.00138. The molecule has 0 amide bonds. The Labute approximate surface area is 141 Å². The molecule has 0 saturated carbocycles. The van der Waals surface area contributed by atoms with E-state index in [0.717, 1.165) is 23.3 Å². The highest BCUT2D eigenvalue weighted by molar-refractivity contribution is 9.10. The molecule has 0 unspecified atom stereocenters. The largest absolute Gasteiger partial charge is 0.493 e. The number of carbonyl (C=O) groups excluding carboxylic acids is 1. The lowest BCUT2D eigenvalue weighted by Gasteiger charge is -2.09. The molecule has 0 spiro atoms. The van der Waals surface area contributed by atoms with E-state index in [-0.39, 0.29) is 12.2 Å². The van der Waals surface area contributed by atoms with Crippen molar-refractivity contribution in [2.45, 2.75) is 12.8 Å². The summed E-state index contributed by atoms with van der Waals surface area (Å²) in [6.45, 7) is 0.640. The summed E-state index contributed by atoms with van der Waals surface area (Å²) < 4.78 is 6.32. The van der Waals surface area contributed by atoms with Crippen LogP contribution in [0.25, 0.3) is 0 Å². The molecule has 3 rings (SSSR count). The highest BCUT2D eigenvalue weighted by atomic mass is 79.9. The van der Waals surface area contributed by atoms with Gasteiger partial charge in [0.15, 0.2) is 5.78 Å².